The number of carbonyl (C=O) groups is 2. The standard InChI is InChI=1S/C11H20N2O4/c1-7-3-4-13(9(5-7)11(15)16)10(14)8(12)6-17-2/h7-9H,3-6,12H2,1-2H3,(H,15,16). The SMILES string of the molecule is COCC(N)C(=O)N1CCC(C)CC1C(=O)O. The van der Waals surface area contributed by atoms with Crippen molar-refractivity contribution in [2.75, 3.05) is 20.3 Å². The van der Waals surface area contributed by atoms with Gasteiger partial charge in [-0.15, -0.1) is 0 Å². The number of nitrogens with two attached hydrogens (primary N) is 1. The number of carboxylic acids is 1. The lowest BCUT2D eigenvalue weighted by atomic mass is 9.92. The van der Waals surface area contributed by atoms with E-state index in [-0.39, 0.29) is 12.5 Å². The molecule has 1 aliphatic rings. The van der Waals surface area contributed by atoms with Crippen molar-refractivity contribution in [1.82, 2.24) is 4.90 Å². The van der Waals surface area contributed by atoms with E-state index in [0.717, 1.165) is 6.42 Å². The second-order valence-corrected chi connectivity index (χ2v) is 4.58. The van der Waals surface area contributed by atoms with Gasteiger partial charge in [0.2, 0.25) is 5.91 Å². The molecule has 1 rings (SSSR count). The van der Waals surface area contributed by atoms with Crippen LogP contribution in [0, 0.1) is 5.92 Å². The Balaban J connectivity index is 2.72. The van der Waals surface area contributed by atoms with Gasteiger partial charge in [0.15, 0.2) is 0 Å². The summed E-state index contributed by atoms with van der Waals surface area (Å²) < 4.78 is 4.81. The van der Waals surface area contributed by atoms with Crippen molar-refractivity contribution in [1.29, 1.82) is 0 Å². The van der Waals surface area contributed by atoms with Crippen molar-refractivity contribution < 1.29 is 19.4 Å². The van der Waals surface area contributed by atoms with Crippen LogP contribution < -0.4 is 5.73 Å². The Hall–Kier alpha value is -1.14. The quantitative estimate of drug-likeness (QED) is 0.706. The smallest absolute Gasteiger partial charge is 0.326 e. The lowest BCUT2D eigenvalue weighted by Gasteiger charge is -2.37. The maximum Gasteiger partial charge on any atom is 0.326 e. The molecule has 1 amide bonds. The van der Waals surface area contributed by atoms with Gasteiger partial charge in [0, 0.05) is 13.7 Å². The van der Waals surface area contributed by atoms with Gasteiger partial charge in [-0.3, -0.25) is 4.79 Å². The molecule has 1 saturated heterocycles. The number of hydrogen-bond donors (Lipinski definition) is 2. The number of ether oxygens (including phenoxy) is 1. The predicted molar refractivity (Wildman–Crippen MR) is 61.4 cm³/mol. The third-order valence-electron chi connectivity index (χ3n) is 3.10. The molecule has 17 heavy (non-hydrogen) atoms. The summed E-state index contributed by atoms with van der Waals surface area (Å²) in [6.07, 6.45) is 1.30. The van der Waals surface area contributed by atoms with E-state index in [0.29, 0.717) is 18.9 Å². The summed E-state index contributed by atoms with van der Waals surface area (Å²) in [4.78, 5) is 24.5. The molecule has 1 aliphatic heterocycles. The highest BCUT2D eigenvalue weighted by atomic mass is 16.5. The highest BCUT2D eigenvalue weighted by molar-refractivity contribution is 5.87. The molecule has 1 fully saturated rings. The average molecular weight is 244 g/mol. The number of carboxylic acid groups (broad SMARTS) is 1. The highest BCUT2D eigenvalue weighted by Gasteiger charge is 2.36. The second kappa shape index (κ2) is 5.97. The largest absolute Gasteiger partial charge is 0.480 e. The summed E-state index contributed by atoms with van der Waals surface area (Å²) in [5.41, 5.74) is 5.65. The van der Waals surface area contributed by atoms with Crippen molar-refractivity contribution in [3.8, 4) is 0 Å². The van der Waals surface area contributed by atoms with Crippen molar-refractivity contribution in [3.63, 3.8) is 0 Å². The normalized spacial score (nSPS) is 26.6. The van der Waals surface area contributed by atoms with Crippen LogP contribution in [0.4, 0.5) is 0 Å². The Morgan fingerprint density at radius 1 is 1.59 bits per heavy atom. The molecule has 0 spiro atoms. The number of rotatable bonds is 4. The summed E-state index contributed by atoms with van der Waals surface area (Å²) in [6, 6.07) is -1.54. The van der Waals surface area contributed by atoms with Crippen LogP contribution in [0.2, 0.25) is 0 Å². The van der Waals surface area contributed by atoms with Crippen molar-refractivity contribution in [2.24, 2.45) is 11.7 Å². The molecule has 0 saturated carbocycles. The van der Waals surface area contributed by atoms with Crippen LogP contribution in [0.15, 0.2) is 0 Å². The fourth-order valence-corrected chi connectivity index (χ4v) is 2.10. The molecule has 98 valence electrons. The average Bonchev–Trinajstić information content (AvgIpc) is 2.28. The maximum absolute atomic E-state index is 12.0. The zero-order chi connectivity index (χ0) is 13.0. The van der Waals surface area contributed by atoms with Gasteiger partial charge in [-0.2, -0.15) is 0 Å². The molecular formula is C11H20N2O4. The van der Waals surface area contributed by atoms with Gasteiger partial charge in [-0.1, -0.05) is 6.92 Å². The predicted octanol–water partition coefficient (Wildman–Crippen LogP) is -0.328. The summed E-state index contributed by atoms with van der Waals surface area (Å²) in [6.45, 7) is 2.55. The number of likely N-dealkylation sites (tertiary alicyclic amines) is 1. The van der Waals surface area contributed by atoms with E-state index >= 15 is 0 Å². The van der Waals surface area contributed by atoms with E-state index in [1.807, 2.05) is 6.92 Å². The fourth-order valence-electron chi connectivity index (χ4n) is 2.10. The van der Waals surface area contributed by atoms with Gasteiger partial charge >= 0.3 is 5.97 Å². The minimum Gasteiger partial charge on any atom is -0.480 e. The molecule has 0 bridgehead atoms. The number of amides is 1. The minimum atomic E-state index is -0.963. The van der Waals surface area contributed by atoms with E-state index in [1.54, 1.807) is 0 Å². The van der Waals surface area contributed by atoms with Crippen molar-refractivity contribution in [2.45, 2.75) is 31.8 Å². The van der Waals surface area contributed by atoms with Crippen LogP contribution >= 0.6 is 0 Å². The third-order valence-corrected chi connectivity index (χ3v) is 3.10. The summed E-state index contributed by atoms with van der Waals surface area (Å²) in [7, 11) is 1.46. The zero-order valence-electron chi connectivity index (χ0n) is 10.3. The molecule has 6 nitrogen and oxygen atoms in total. The summed E-state index contributed by atoms with van der Waals surface area (Å²) >= 11 is 0. The van der Waals surface area contributed by atoms with Crippen molar-refractivity contribution in [3.05, 3.63) is 0 Å². The molecule has 3 atom stereocenters. The third kappa shape index (κ3) is 3.41. The first kappa shape index (κ1) is 13.9. The topological polar surface area (TPSA) is 92.9 Å². The minimum absolute atomic E-state index is 0.108. The van der Waals surface area contributed by atoms with Gasteiger partial charge in [0.1, 0.15) is 12.1 Å². The molecule has 0 aromatic rings. The van der Waals surface area contributed by atoms with Gasteiger partial charge in [0.25, 0.3) is 0 Å². The molecule has 3 N–H and O–H groups in total. The van der Waals surface area contributed by atoms with Gasteiger partial charge < -0.3 is 20.5 Å². The van der Waals surface area contributed by atoms with Crippen LogP contribution in [0.1, 0.15) is 19.8 Å². The molecule has 0 radical (unpaired) electrons. The van der Waals surface area contributed by atoms with Crippen LogP contribution in [0.3, 0.4) is 0 Å². The first-order valence-electron chi connectivity index (χ1n) is 5.75. The van der Waals surface area contributed by atoms with Gasteiger partial charge in [-0.25, -0.2) is 4.79 Å². The first-order valence-corrected chi connectivity index (χ1v) is 5.75. The number of aliphatic carboxylic acids is 1. The number of nitrogens with zero attached hydrogens (tertiary/aromatic N) is 1. The van der Waals surface area contributed by atoms with E-state index < -0.39 is 18.1 Å². The monoisotopic (exact) mass is 244 g/mol. The van der Waals surface area contributed by atoms with Crippen LogP contribution in [0.25, 0.3) is 0 Å². The molecular weight excluding hydrogens is 224 g/mol. The summed E-state index contributed by atoms with van der Waals surface area (Å²) in [5, 5.41) is 9.12. The zero-order valence-corrected chi connectivity index (χ0v) is 10.3. The lowest BCUT2D eigenvalue weighted by molar-refractivity contribution is -0.154. The van der Waals surface area contributed by atoms with Crippen LogP contribution in [0.5, 0.6) is 0 Å². The van der Waals surface area contributed by atoms with E-state index in [1.165, 1.54) is 12.0 Å². The Morgan fingerprint density at radius 2 is 2.24 bits per heavy atom. The number of methoxy groups -OCH3 is 1. The van der Waals surface area contributed by atoms with Gasteiger partial charge in [0.05, 0.1) is 6.61 Å². The van der Waals surface area contributed by atoms with Crippen LogP contribution in [-0.4, -0.2) is 54.2 Å². The second-order valence-electron chi connectivity index (χ2n) is 4.58. The molecule has 0 aliphatic carbocycles. The molecule has 0 aromatic carbocycles. The Kier molecular flexibility index (Phi) is 4.89. The number of piperidine rings is 1. The van der Waals surface area contributed by atoms with E-state index in [9.17, 15) is 9.59 Å². The first-order chi connectivity index (χ1) is 7.97. The van der Waals surface area contributed by atoms with Crippen LogP contribution in [-0.2, 0) is 14.3 Å². The Bertz CT molecular complexity index is 295. The highest BCUT2D eigenvalue weighted by Crippen LogP contribution is 2.23. The number of hydrogen-bond acceptors (Lipinski definition) is 4. The molecule has 0 aromatic heterocycles. The lowest BCUT2D eigenvalue weighted by Crippen LogP contribution is -2.55. The molecule has 1 heterocycles. The molecule has 3 unspecified atom stereocenters. The maximum atomic E-state index is 12.0. The Morgan fingerprint density at radius 3 is 2.76 bits per heavy atom. The van der Waals surface area contributed by atoms with E-state index in [2.05, 4.69) is 0 Å². The van der Waals surface area contributed by atoms with E-state index in [4.69, 9.17) is 15.6 Å². The molecule has 6 heteroatoms. The Labute approximate surface area is 101 Å². The fraction of sp³-hybridized carbons (Fsp3) is 0.818. The number of carbonyl (C=O) groups excluding carboxylic acids is 1. The van der Waals surface area contributed by atoms with Crippen molar-refractivity contribution >= 4 is 11.9 Å². The van der Waals surface area contributed by atoms with Gasteiger partial charge in [-0.05, 0) is 18.8 Å². The summed E-state index contributed by atoms with van der Waals surface area (Å²) in [5.74, 6) is -0.987.